The van der Waals surface area contributed by atoms with Crippen molar-refractivity contribution in [2.45, 2.75) is 32.0 Å². The number of carbonyl (C=O) groups excluding carboxylic acids is 2. The third-order valence-corrected chi connectivity index (χ3v) is 3.57. The van der Waals surface area contributed by atoms with Crippen molar-refractivity contribution in [1.82, 2.24) is 9.78 Å². The molecule has 0 spiro atoms. The fourth-order valence-corrected chi connectivity index (χ4v) is 2.72. The van der Waals surface area contributed by atoms with Gasteiger partial charge in [-0.2, -0.15) is 18.3 Å². The van der Waals surface area contributed by atoms with Crippen LogP contribution >= 0.6 is 0 Å². The van der Waals surface area contributed by atoms with Gasteiger partial charge in [-0.05, 0) is 19.3 Å². The van der Waals surface area contributed by atoms with E-state index in [1.165, 1.54) is 0 Å². The molecule has 1 fully saturated rings. The molecule has 1 heterocycles. The quantitative estimate of drug-likeness (QED) is 0.795. The number of fused-ring (bicyclic) bond motifs is 3. The van der Waals surface area contributed by atoms with Gasteiger partial charge in [-0.15, -0.1) is 0 Å². The van der Waals surface area contributed by atoms with Crippen molar-refractivity contribution >= 4 is 11.8 Å². The van der Waals surface area contributed by atoms with Crippen molar-refractivity contribution in [2.24, 2.45) is 5.92 Å². The highest BCUT2D eigenvalue weighted by Gasteiger charge is 2.58. The van der Waals surface area contributed by atoms with E-state index in [-0.39, 0.29) is 35.5 Å². The second-order valence-corrected chi connectivity index (χ2v) is 4.88. The molecule has 2 aliphatic rings. The van der Waals surface area contributed by atoms with Gasteiger partial charge < -0.3 is 4.74 Å². The van der Waals surface area contributed by atoms with Crippen molar-refractivity contribution in [3.05, 3.63) is 17.0 Å². The van der Waals surface area contributed by atoms with Crippen LogP contribution < -0.4 is 0 Å². The summed E-state index contributed by atoms with van der Waals surface area (Å²) in [6, 6.07) is 0. The van der Waals surface area contributed by atoms with Gasteiger partial charge in [-0.1, -0.05) is 0 Å². The average Bonchev–Trinajstić information content (AvgIpc) is 2.95. The molecule has 0 aliphatic heterocycles. The van der Waals surface area contributed by atoms with Crippen LogP contribution in [0.1, 0.15) is 41.0 Å². The summed E-state index contributed by atoms with van der Waals surface area (Å²) in [6.07, 6.45) is -4.18. The number of rotatable bonds is 3. The van der Waals surface area contributed by atoms with Gasteiger partial charge in [0.15, 0.2) is 11.5 Å². The van der Waals surface area contributed by atoms with E-state index in [1.807, 2.05) is 0 Å². The van der Waals surface area contributed by atoms with E-state index in [9.17, 15) is 22.8 Å². The lowest BCUT2D eigenvalue weighted by Crippen LogP contribution is -2.19. The van der Waals surface area contributed by atoms with E-state index in [1.54, 1.807) is 6.92 Å². The van der Waals surface area contributed by atoms with Gasteiger partial charge in [0.1, 0.15) is 12.2 Å². The minimum Gasteiger partial charge on any atom is -0.465 e. The summed E-state index contributed by atoms with van der Waals surface area (Å²) in [4.78, 5) is 23.4. The second kappa shape index (κ2) is 4.07. The Morgan fingerprint density at radius 2 is 2.15 bits per heavy atom. The first-order valence-corrected chi connectivity index (χ1v) is 6.22. The minimum absolute atomic E-state index is 0.0446. The SMILES string of the molecule is CCOC(=O)Cn1nc(C(F)(F)F)c2c1C(=O)C1CC21. The largest absolute Gasteiger partial charge is 0.465 e. The lowest BCUT2D eigenvalue weighted by Gasteiger charge is -2.05. The highest BCUT2D eigenvalue weighted by Crippen LogP contribution is 2.58. The maximum atomic E-state index is 13.0. The van der Waals surface area contributed by atoms with Crippen molar-refractivity contribution in [1.29, 1.82) is 0 Å². The Morgan fingerprint density at radius 1 is 1.45 bits per heavy atom. The topological polar surface area (TPSA) is 61.2 Å². The summed E-state index contributed by atoms with van der Waals surface area (Å²) in [5.74, 6) is -1.81. The lowest BCUT2D eigenvalue weighted by atomic mass is 10.1. The van der Waals surface area contributed by atoms with Crippen LogP contribution in [0.2, 0.25) is 0 Å². The molecule has 0 saturated heterocycles. The Bertz CT molecular complexity index is 606. The van der Waals surface area contributed by atoms with Crippen LogP contribution in [-0.4, -0.2) is 28.1 Å². The molecule has 20 heavy (non-hydrogen) atoms. The molecule has 3 rings (SSSR count). The molecule has 108 valence electrons. The van der Waals surface area contributed by atoms with Crippen LogP contribution in [0.4, 0.5) is 13.2 Å². The zero-order valence-electron chi connectivity index (χ0n) is 10.5. The molecule has 2 aliphatic carbocycles. The first kappa shape index (κ1) is 13.1. The molecule has 1 aromatic heterocycles. The standard InChI is InChI=1S/C12H11F3N2O3/c1-2-20-7(18)4-17-9-8(5-3-6(5)10(9)19)11(16-17)12(13,14)15/h5-6H,2-4H2,1H3. The lowest BCUT2D eigenvalue weighted by molar-refractivity contribution is -0.146. The summed E-state index contributed by atoms with van der Waals surface area (Å²) >= 11 is 0. The molecule has 0 aromatic carbocycles. The smallest absolute Gasteiger partial charge is 0.435 e. The Labute approximate surface area is 111 Å². The molecule has 0 radical (unpaired) electrons. The summed E-state index contributed by atoms with van der Waals surface area (Å²) in [5, 5.41) is 3.42. The predicted octanol–water partition coefficient (Wildman–Crippen LogP) is 1.76. The summed E-state index contributed by atoms with van der Waals surface area (Å²) in [6.45, 7) is 1.23. The fraction of sp³-hybridized carbons (Fsp3) is 0.583. The number of hydrogen-bond acceptors (Lipinski definition) is 4. The number of aromatic nitrogens is 2. The normalized spacial score (nSPS) is 23.5. The zero-order valence-corrected chi connectivity index (χ0v) is 10.5. The number of esters is 1. The first-order chi connectivity index (χ1) is 9.34. The molecular weight excluding hydrogens is 277 g/mol. The van der Waals surface area contributed by atoms with Gasteiger partial charge in [-0.25, -0.2) is 4.68 Å². The number of nitrogens with zero attached hydrogens (tertiary/aromatic N) is 2. The summed E-state index contributed by atoms with van der Waals surface area (Å²) < 4.78 is 44.4. The van der Waals surface area contributed by atoms with Gasteiger partial charge in [0.25, 0.3) is 0 Å². The molecule has 1 aromatic rings. The predicted molar refractivity (Wildman–Crippen MR) is 59.0 cm³/mol. The van der Waals surface area contributed by atoms with Gasteiger partial charge in [0, 0.05) is 11.5 Å². The molecule has 2 unspecified atom stereocenters. The van der Waals surface area contributed by atoms with E-state index in [0.29, 0.717) is 6.42 Å². The molecular formula is C12H11F3N2O3. The van der Waals surface area contributed by atoms with E-state index >= 15 is 0 Å². The third kappa shape index (κ3) is 1.82. The Kier molecular flexibility index (Phi) is 2.67. The molecule has 0 N–H and O–H groups in total. The number of Topliss-reactive ketones (excluding diaryl/α,β-unsaturated/α-hetero) is 1. The van der Waals surface area contributed by atoms with E-state index in [4.69, 9.17) is 0 Å². The number of halogens is 3. The highest BCUT2D eigenvalue weighted by atomic mass is 19.4. The minimum atomic E-state index is -4.62. The van der Waals surface area contributed by atoms with Gasteiger partial charge in [-0.3, -0.25) is 9.59 Å². The molecule has 0 amide bonds. The van der Waals surface area contributed by atoms with Gasteiger partial charge in [0.2, 0.25) is 0 Å². The molecule has 8 heteroatoms. The Hall–Kier alpha value is -1.86. The van der Waals surface area contributed by atoms with Crippen molar-refractivity contribution < 1.29 is 27.5 Å². The van der Waals surface area contributed by atoms with Gasteiger partial charge in [0.05, 0.1) is 6.61 Å². The highest BCUT2D eigenvalue weighted by molar-refractivity contribution is 6.05. The molecule has 1 saturated carbocycles. The van der Waals surface area contributed by atoms with Gasteiger partial charge >= 0.3 is 12.1 Å². The number of hydrogen-bond donors (Lipinski definition) is 0. The summed E-state index contributed by atoms with van der Waals surface area (Å²) in [5.41, 5.74) is -1.17. The number of ether oxygens (including phenoxy) is 1. The average molecular weight is 288 g/mol. The second-order valence-electron chi connectivity index (χ2n) is 4.88. The van der Waals surface area contributed by atoms with Crippen LogP contribution in [0.15, 0.2) is 0 Å². The van der Waals surface area contributed by atoms with Crippen molar-refractivity contribution in [2.75, 3.05) is 6.61 Å². The van der Waals surface area contributed by atoms with Crippen LogP contribution in [-0.2, 0) is 22.3 Å². The maximum Gasteiger partial charge on any atom is 0.435 e. The van der Waals surface area contributed by atoms with Crippen LogP contribution in [0.3, 0.4) is 0 Å². The van der Waals surface area contributed by atoms with E-state index in [0.717, 1.165) is 4.68 Å². The molecule has 0 bridgehead atoms. The van der Waals surface area contributed by atoms with Crippen molar-refractivity contribution in [3.63, 3.8) is 0 Å². The molecule has 2 atom stereocenters. The number of alkyl halides is 3. The van der Waals surface area contributed by atoms with Crippen molar-refractivity contribution in [3.8, 4) is 0 Å². The van der Waals surface area contributed by atoms with Crippen LogP contribution in [0.5, 0.6) is 0 Å². The Morgan fingerprint density at radius 3 is 2.75 bits per heavy atom. The first-order valence-electron chi connectivity index (χ1n) is 6.22. The monoisotopic (exact) mass is 288 g/mol. The third-order valence-electron chi connectivity index (χ3n) is 3.57. The maximum absolute atomic E-state index is 13.0. The fourth-order valence-electron chi connectivity index (χ4n) is 2.72. The van der Waals surface area contributed by atoms with Crippen LogP contribution in [0, 0.1) is 5.92 Å². The van der Waals surface area contributed by atoms with E-state index < -0.39 is 24.4 Å². The molecule has 5 nitrogen and oxygen atoms in total. The van der Waals surface area contributed by atoms with E-state index in [2.05, 4.69) is 9.84 Å². The zero-order chi connectivity index (χ0) is 14.7. The van der Waals surface area contributed by atoms with Crippen LogP contribution in [0.25, 0.3) is 0 Å². The number of ketones is 1. The number of carbonyl (C=O) groups is 2. The Balaban J connectivity index is 2.02. The summed E-state index contributed by atoms with van der Waals surface area (Å²) in [7, 11) is 0.